The topological polar surface area (TPSA) is 40.5 Å². The van der Waals surface area contributed by atoms with Crippen LogP contribution < -0.4 is 5.56 Å². The Balaban J connectivity index is 2.42. The van der Waals surface area contributed by atoms with Crippen molar-refractivity contribution in [2.75, 3.05) is 14.2 Å². The highest BCUT2D eigenvalue weighted by molar-refractivity contribution is 5.81. The first-order chi connectivity index (χ1) is 8.26. The van der Waals surface area contributed by atoms with E-state index in [2.05, 4.69) is 0 Å². The summed E-state index contributed by atoms with van der Waals surface area (Å²) in [6.07, 6.45) is 1.35. The summed E-state index contributed by atoms with van der Waals surface area (Å²) in [6, 6.07) is 9.44. The van der Waals surface area contributed by atoms with Crippen molar-refractivity contribution in [2.45, 2.75) is 12.8 Å². The van der Waals surface area contributed by atoms with Gasteiger partial charge in [-0.15, -0.1) is 0 Å². The maximum Gasteiger partial charge on any atom is 0.258 e. The Hall–Kier alpha value is -1.65. The van der Waals surface area contributed by atoms with Crippen molar-refractivity contribution < 1.29 is 9.47 Å². The minimum Gasteiger partial charge on any atom is -0.354 e. The van der Waals surface area contributed by atoms with Crippen molar-refractivity contribution in [1.29, 1.82) is 0 Å². The van der Waals surface area contributed by atoms with Crippen LogP contribution in [0.3, 0.4) is 0 Å². The molecule has 0 unspecified atom stereocenters. The Morgan fingerprint density at radius 3 is 2.59 bits per heavy atom. The smallest absolute Gasteiger partial charge is 0.258 e. The molecule has 0 amide bonds. The van der Waals surface area contributed by atoms with E-state index in [1.54, 1.807) is 25.0 Å². The average molecular weight is 233 g/mol. The van der Waals surface area contributed by atoms with Crippen molar-refractivity contribution in [2.24, 2.45) is 0 Å². The fourth-order valence-electron chi connectivity index (χ4n) is 1.78. The van der Waals surface area contributed by atoms with E-state index >= 15 is 0 Å². The number of aromatic nitrogens is 1. The molecule has 1 aromatic heterocycles. The van der Waals surface area contributed by atoms with Gasteiger partial charge in [-0.25, -0.2) is 0 Å². The van der Waals surface area contributed by atoms with E-state index in [0.717, 1.165) is 5.39 Å². The van der Waals surface area contributed by atoms with E-state index in [9.17, 15) is 4.79 Å². The predicted molar refractivity (Wildman–Crippen MR) is 66.0 cm³/mol. The second-order valence-corrected chi connectivity index (χ2v) is 3.76. The van der Waals surface area contributed by atoms with Gasteiger partial charge >= 0.3 is 0 Å². The number of rotatable bonds is 4. The number of benzene rings is 1. The van der Waals surface area contributed by atoms with Crippen LogP contribution in [0.1, 0.15) is 0 Å². The second-order valence-electron chi connectivity index (χ2n) is 3.76. The van der Waals surface area contributed by atoms with Gasteiger partial charge in [-0.1, -0.05) is 18.2 Å². The molecule has 0 atom stereocenters. The molecule has 0 fully saturated rings. The zero-order valence-electron chi connectivity index (χ0n) is 9.92. The Morgan fingerprint density at radius 1 is 1.18 bits per heavy atom. The summed E-state index contributed by atoms with van der Waals surface area (Å²) in [7, 11) is 3.11. The van der Waals surface area contributed by atoms with Crippen LogP contribution in [0.4, 0.5) is 0 Å². The molecule has 0 aliphatic rings. The highest BCUT2D eigenvalue weighted by atomic mass is 16.7. The quantitative estimate of drug-likeness (QED) is 0.753. The molecule has 0 N–H and O–H groups in total. The third-order valence-corrected chi connectivity index (χ3v) is 2.76. The van der Waals surface area contributed by atoms with Gasteiger partial charge in [0, 0.05) is 25.8 Å². The summed E-state index contributed by atoms with van der Waals surface area (Å²) in [5, 5.41) is 1.65. The molecule has 0 aliphatic carbocycles. The average Bonchev–Trinajstić information content (AvgIpc) is 2.38. The van der Waals surface area contributed by atoms with E-state index in [0.29, 0.717) is 11.9 Å². The van der Waals surface area contributed by atoms with Crippen LogP contribution in [0.15, 0.2) is 41.3 Å². The van der Waals surface area contributed by atoms with Gasteiger partial charge in [0.1, 0.15) is 0 Å². The summed E-state index contributed by atoms with van der Waals surface area (Å²) < 4.78 is 11.8. The molecule has 0 radical (unpaired) electrons. The largest absolute Gasteiger partial charge is 0.354 e. The molecule has 90 valence electrons. The van der Waals surface area contributed by atoms with Gasteiger partial charge in [0.25, 0.3) is 5.56 Å². The molecule has 17 heavy (non-hydrogen) atoms. The lowest BCUT2D eigenvalue weighted by Gasteiger charge is -2.15. The summed E-state index contributed by atoms with van der Waals surface area (Å²) in [4.78, 5) is 12.1. The van der Waals surface area contributed by atoms with Crippen LogP contribution in [0.2, 0.25) is 0 Å². The number of nitrogens with zero attached hydrogens (tertiary/aromatic N) is 1. The van der Waals surface area contributed by atoms with Crippen molar-refractivity contribution in [3.63, 3.8) is 0 Å². The highest BCUT2D eigenvalue weighted by Crippen LogP contribution is 2.08. The minimum atomic E-state index is -0.408. The molecule has 4 heteroatoms. The molecule has 0 saturated heterocycles. The van der Waals surface area contributed by atoms with Crippen molar-refractivity contribution in [1.82, 2.24) is 4.57 Å². The third-order valence-electron chi connectivity index (χ3n) is 2.76. The lowest BCUT2D eigenvalue weighted by Crippen LogP contribution is -2.28. The van der Waals surface area contributed by atoms with Crippen molar-refractivity contribution in [3.05, 3.63) is 46.9 Å². The predicted octanol–water partition coefficient (Wildman–Crippen LogP) is 1.62. The molecule has 0 bridgehead atoms. The van der Waals surface area contributed by atoms with E-state index in [-0.39, 0.29) is 5.56 Å². The number of ether oxygens (including phenoxy) is 2. The third kappa shape index (κ3) is 2.38. The fourth-order valence-corrected chi connectivity index (χ4v) is 1.78. The molecule has 0 saturated carbocycles. The normalized spacial score (nSPS) is 11.2. The van der Waals surface area contributed by atoms with Gasteiger partial charge in [-0.2, -0.15) is 0 Å². The van der Waals surface area contributed by atoms with Gasteiger partial charge in [0.15, 0.2) is 6.29 Å². The fraction of sp³-hybridized carbons (Fsp3) is 0.308. The molecular formula is C13H15NO3. The zero-order chi connectivity index (χ0) is 12.3. The van der Waals surface area contributed by atoms with Gasteiger partial charge in [-0.3, -0.25) is 4.79 Å². The molecule has 0 aliphatic heterocycles. The Labute approximate surface area is 99.4 Å². The summed E-state index contributed by atoms with van der Waals surface area (Å²) in [5.41, 5.74) is -0.0257. The lowest BCUT2D eigenvalue weighted by atomic mass is 10.2. The monoisotopic (exact) mass is 233 g/mol. The molecule has 2 aromatic rings. The van der Waals surface area contributed by atoms with Crippen LogP contribution >= 0.6 is 0 Å². The lowest BCUT2D eigenvalue weighted by molar-refractivity contribution is -0.111. The zero-order valence-corrected chi connectivity index (χ0v) is 9.92. The van der Waals surface area contributed by atoms with Gasteiger partial charge in [-0.05, 0) is 17.5 Å². The first kappa shape index (κ1) is 11.8. The first-order valence-corrected chi connectivity index (χ1v) is 5.40. The molecule has 4 nitrogen and oxygen atoms in total. The molecular weight excluding hydrogens is 218 g/mol. The second kappa shape index (κ2) is 5.12. The standard InChI is InChI=1S/C13H15NO3/c1-16-12(17-2)9-14-8-7-10-5-3-4-6-11(10)13(14)15/h3-8,12H,9H2,1-2H3. The maximum absolute atomic E-state index is 12.1. The van der Waals surface area contributed by atoms with Crippen LogP contribution in [0.5, 0.6) is 0 Å². The number of pyridine rings is 1. The van der Waals surface area contributed by atoms with Crippen molar-refractivity contribution >= 4 is 10.8 Å². The van der Waals surface area contributed by atoms with Crippen LogP contribution in [-0.2, 0) is 16.0 Å². The number of hydrogen-bond acceptors (Lipinski definition) is 3. The molecule has 1 heterocycles. The minimum absolute atomic E-state index is 0.0257. The van der Waals surface area contributed by atoms with Crippen LogP contribution in [0, 0.1) is 0 Å². The summed E-state index contributed by atoms with van der Waals surface area (Å²) in [6.45, 7) is 0.386. The highest BCUT2D eigenvalue weighted by Gasteiger charge is 2.08. The Bertz CT molecular complexity index is 558. The van der Waals surface area contributed by atoms with Gasteiger partial charge in [0.2, 0.25) is 0 Å². The Kier molecular flexibility index (Phi) is 3.56. The van der Waals surface area contributed by atoms with E-state index in [1.165, 1.54) is 0 Å². The SMILES string of the molecule is COC(Cn1ccc2ccccc2c1=O)OC. The number of fused-ring (bicyclic) bond motifs is 1. The van der Waals surface area contributed by atoms with Crippen LogP contribution in [-0.4, -0.2) is 25.1 Å². The maximum atomic E-state index is 12.1. The summed E-state index contributed by atoms with van der Waals surface area (Å²) in [5.74, 6) is 0. The van der Waals surface area contributed by atoms with Crippen LogP contribution in [0.25, 0.3) is 10.8 Å². The van der Waals surface area contributed by atoms with Crippen molar-refractivity contribution in [3.8, 4) is 0 Å². The van der Waals surface area contributed by atoms with E-state index < -0.39 is 6.29 Å². The summed E-state index contributed by atoms with van der Waals surface area (Å²) >= 11 is 0. The molecule has 0 spiro atoms. The van der Waals surface area contributed by atoms with E-state index in [4.69, 9.17) is 9.47 Å². The van der Waals surface area contributed by atoms with E-state index in [1.807, 2.05) is 30.3 Å². The number of methoxy groups -OCH3 is 2. The van der Waals surface area contributed by atoms with Gasteiger partial charge in [0.05, 0.1) is 6.54 Å². The van der Waals surface area contributed by atoms with Gasteiger partial charge < -0.3 is 14.0 Å². The Morgan fingerprint density at radius 2 is 1.88 bits per heavy atom. The first-order valence-electron chi connectivity index (χ1n) is 5.40. The molecule has 1 aromatic carbocycles. The number of hydrogen-bond donors (Lipinski definition) is 0. The molecule has 2 rings (SSSR count).